The van der Waals surface area contributed by atoms with Crippen LogP contribution in [0.4, 0.5) is 5.69 Å². The van der Waals surface area contributed by atoms with Crippen molar-refractivity contribution in [2.24, 2.45) is 0 Å². The fourth-order valence-corrected chi connectivity index (χ4v) is 2.19. The number of hydrogen-bond donors (Lipinski definition) is 2. The van der Waals surface area contributed by atoms with Crippen LogP contribution in [0.1, 0.15) is 24.8 Å². The molecule has 0 unspecified atom stereocenters. The Morgan fingerprint density at radius 2 is 2.29 bits per heavy atom. The highest BCUT2D eigenvalue weighted by atomic mass is 16.5. The van der Waals surface area contributed by atoms with Crippen LogP contribution in [-0.4, -0.2) is 24.4 Å². The lowest BCUT2D eigenvalue weighted by atomic mass is 10.1. The molecule has 0 aromatic heterocycles. The van der Waals surface area contributed by atoms with Gasteiger partial charge in [0, 0.05) is 6.07 Å². The first-order valence-electron chi connectivity index (χ1n) is 5.77. The molecule has 17 heavy (non-hydrogen) atoms. The number of nitriles is 1. The smallest absolute Gasteiger partial charge is 0.143 e. The van der Waals surface area contributed by atoms with Crippen molar-refractivity contribution in [1.82, 2.24) is 0 Å². The Morgan fingerprint density at radius 3 is 2.88 bits per heavy atom. The standard InChI is InChI=1S/C13H16N2O2/c1-17-13-7-9(8-14)5-6-11(13)15-10-3-2-4-12(10)16/h5-7,10,12,15-16H,2-4H2,1H3/t10-,12-/m1/s1. The summed E-state index contributed by atoms with van der Waals surface area (Å²) in [4.78, 5) is 0. The maximum Gasteiger partial charge on any atom is 0.143 e. The van der Waals surface area contributed by atoms with E-state index >= 15 is 0 Å². The number of benzene rings is 1. The first kappa shape index (κ1) is 11.7. The highest BCUT2D eigenvalue weighted by Crippen LogP contribution is 2.29. The molecule has 0 radical (unpaired) electrons. The first-order chi connectivity index (χ1) is 8.24. The number of aliphatic hydroxyl groups excluding tert-OH is 1. The third-order valence-electron chi connectivity index (χ3n) is 3.15. The summed E-state index contributed by atoms with van der Waals surface area (Å²) < 4.78 is 5.24. The summed E-state index contributed by atoms with van der Waals surface area (Å²) in [5.74, 6) is 0.642. The molecule has 1 aromatic carbocycles. The van der Waals surface area contributed by atoms with Crippen molar-refractivity contribution in [3.05, 3.63) is 23.8 Å². The van der Waals surface area contributed by atoms with Gasteiger partial charge in [0.15, 0.2) is 0 Å². The highest BCUT2D eigenvalue weighted by Gasteiger charge is 2.25. The normalized spacial score (nSPS) is 23.1. The molecule has 1 aliphatic carbocycles. The van der Waals surface area contributed by atoms with Crippen molar-refractivity contribution >= 4 is 5.69 Å². The van der Waals surface area contributed by atoms with Crippen LogP contribution >= 0.6 is 0 Å². The molecule has 0 spiro atoms. The minimum Gasteiger partial charge on any atom is -0.495 e. The average Bonchev–Trinajstić information content (AvgIpc) is 2.75. The molecule has 0 bridgehead atoms. The Hall–Kier alpha value is -1.73. The van der Waals surface area contributed by atoms with E-state index in [9.17, 15) is 5.11 Å². The number of methoxy groups -OCH3 is 1. The molecular formula is C13H16N2O2. The summed E-state index contributed by atoms with van der Waals surface area (Å²) in [5.41, 5.74) is 1.40. The fraction of sp³-hybridized carbons (Fsp3) is 0.462. The number of anilines is 1. The molecule has 4 nitrogen and oxygen atoms in total. The maximum atomic E-state index is 9.76. The Morgan fingerprint density at radius 1 is 1.47 bits per heavy atom. The Labute approximate surface area is 101 Å². The minimum absolute atomic E-state index is 0.0804. The van der Waals surface area contributed by atoms with Crippen LogP contribution in [0, 0.1) is 11.3 Å². The van der Waals surface area contributed by atoms with Gasteiger partial charge in [-0.25, -0.2) is 0 Å². The lowest BCUT2D eigenvalue weighted by Crippen LogP contribution is -2.28. The second-order valence-electron chi connectivity index (χ2n) is 4.28. The summed E-state index contributed by atoms with van der Waals surface area (Å²) in [5, 5.41) is 21.8. The lowest BCUT2D eigenvalue weighted by molar-refractivity contribution is 0.171. The maximum absolute atomic E-state index is 9.76. The molecule has 4 heteroatoms. The van der Waals surface area contributed by atoms with E-state index in [2.05, 4.69) is 11.4 Å². The van der Waals surface area contributed by atoms with E-state index in [0.717, 1.165) is 24.9 Å². The van der Waals surface area contributed by atoms with Crippen molar-refractivity contribution in [3.8, 4) is 11.8 Å². The molecule has 0 heterocycles. The van der Waals surface area contributed by atoms with Gasteiger partial charge in [-0.1, -0.05) is 0 Å². The van der Waals surface area contributed by atoms with E-state index in [-0.39, 0.29) is 12.1 Å². The van der Waals surface area contributed by atoms with E-state index < -0.39 is 0 Å². The third-order valence-corrected chi connectivity index (χ3v) is 3.15. The number of hydrogen-bond acceptors (Lipinski definition) is 4. The largest absolute Gasteiger partial charge is 0.495 e. The Kier molecular flexibility index (Phi) is 3.50. The minimum atomic E-state index is -0.296. The molecule has 90 valence electrons. The predicted molar refractivity (Wildman–Crippen MR) is 65.0 cm³/mol. The van der Waals surface area contributed by atoms with Crippen LogP contribution in [0.3, 0.4) is 0 Å². The molecule has 1 saturated carbocycles. The van der Waals surface area contributed by atoms with Crippen LogP contribution in [0.25, 0.3) is 0 Å². The molecule has 0 aliphatic heterocycles. The fourth-order valence-electron chi connectivity index (χ4n) is 2.19. The molecule has 0 saturated heterocycles. The van der Waals surface area contributed by atoms with E-state index in [1.807, 2.05) is 6.07 Å². The molecule has 1 aromatic rings. The summed E-state index contributed by atoms with van der Waals surface area (Å²) >= 11 is 0. The zero-order valence-corrected chi connectivity index (χ0v) is 9.81. The Balaban J connectivity index is 2.18. The van der Waals surface area contributed by atoms with Crippen LogP contribution in [0.15, 0.2) is 18.2 Å². The van der Waals surface area contributed by atoms with Gasteiger partial charge >= 0.3 is 0 Å². The van der Waals surface area contributed by atoms with Crippen LogP contribution in [0.2, 0.25) is 0 Å². The summed E-state index contributed by atoms with van der Waals surface area (Å²) in [6, 6.07) is 7.42. The predicted octanol–water partition coefficient (Wildman–Crippen LogP) is 1.89. The number of ether oxygens (including phenoxy) is 1. The third kappa shape index (κ3) is 2.51. The van der Waals surface area contributed by atoms with Crippen molar-refractivity contribution in [3.63, 3.8) is 0 Å². The van der Waals surface area contributed by atoms with Crippen molar-refractivity contribution in [2.75, 3.05) is 12.4 Å². The van der Waals surface area contributed by atoms with E-state index in [4.69, 9.17) is 10.00 Å². The SMILES string of the molecule is COc1cc(C#N)ccc1N[C@@H]1CCC[C@H]1O. The average molecular weight is 232 g/mol. The van der Waals surface area contributed by atoms with Gasteiger partial charge in [0.25, 0.3) is 0 Å². The van der Waals surface area contributed by atoms with Gasteiger partial charge in [0.1, 0.15) is 5.75 Å². The molecule has 0 amide bonds. The summed E-state index contributed by atoms with van der Waals surface area (Å²) in [7, 11) is 1.58. The Bertz CT molecular complexity index is 440. The second kappa shape index (κ2) is 5.07. The zero-order valence-electron chi connectivity index (χ0n) is 9.81. The second-order valence-corrected chi connectivity index (χ2v) is 4.28. The van der Waals surface area contributed by atoms with Gasteiger partial charge in [-0.05, 0) is 31.4 Å². The number of aliphatic hydroxyl groups is 1. The highest BCUT2D eigenvalue weighted by molar-refractivity contribution is 5.60. The topological polar surface area (TPSA) is 65.3 Å². The van der Waals surface area contributed by atoms with E-state index in [1.165, 1.54) is 0 Å². The molecule has 1 fully saturated rings. The number of rotatable bonds is 3. The van der Waals surface area contributed by atoms with Gasteiger partial charge in [-0.15, -0.1) is 0 Å². The van der Waals surface area contributed by atoms with E-state index in [1.54, 1.807) is 19.2 Å². The molecule has 2 N–H and O–H groups in total. The van der Waals surface area contributed by atoms with Crippen LogP contribution in [-0.2, 0) is 0 Å². The van der Waals surface area contributed by atoms with E-state index in [0.29, 0.717) is 11.3 Å². The zero-order chi connectivity index (χ0) is 12.3. The summed E-state index contributed by atoms with van der Waals surface area (Å²) in [6.45, 7) is 0. The van der Waals surface area contributed by atoms with Crippen molar-refractivity contribution in [2.45, 2.75) is 31.4 Å². The summed E-state index contributed by atoms with van der Waals surface area (Å²) in [6.07, 6.45) is 2.55. The van der Waals surface area contributed by atoms with Gasteiger partial charge in [-0.3, -0.25) is 0 Å². The van der Waals surface area contributed by atoms with Gasteiger partial charge < -0.3 is 15.2 Å². The monoisotopic (exact) mass is 232 g/mol. The van der Waals surface area contributed by atoms with Crippen LogP contribution in [0.5, 0.6) is 5.75 Å². The molecule has 2 rings (SSSR count). The quantitative estimate of drug-likeness (QED) is 0.835. The number of nitrogens with zero attached hydrogens (tertiary/aromatic N) is 1. The lowest BCUT2D eigenvalue weighted by Gasteiger charge is -2.19. The molecule has 1 aliphatic rings. The van der Waals surface area contributed by atoms with Gasteiger partial charge in [-0.2, -0.15) is 5.26 Å². The van der Waals surface area contributed by atoms with Crippen molar-refractivity contribution in [1.29, 1.82) is 5.26 Å². The first-order valence-corrected chi connectivity index (χ1v) is 5.77. The molecular weight excluding hydrogens is 216 g/mol. The molecule has 2 atom stereocenters. The van der Waals surface area contributed by atoms with Gasteiger partial charge in [0.2, 0.25) is 0 Å². The van der Waals surface area contributed by atoms with Crippen LogP contribution < -0.4 is 10.1 Å². The van der Waals surface area contributed by atoms with Crippen molar-refractivity contribution < 1.29 is 9.84 Å². The number of nitrogens with one attached hydrogen (secondary N) is 1. The van der Waals surface area contributed by atoms with Gasteiger partial charge in [0.05, 0.1) is 36.6 Å².